The molecule has 0 aliphatic heterocycles. The van der Waals surface area contributed by atoms with Gasteiger partial charge in [0.25, 0.3) is 0 Å². The number of hydrogen-bond acceptors (Lipinski definition) is 3. The number of rotatable bonds is 1. The molecule has 0 radical (unpaired) electrons. The molecule has 0 spiro atoms. The average Bonchev–Trinajstić information content (AvgIpc) is 1.38. The van der Waals surface area contributed by atoms with Gasteiger partial charge in [-0.2, -0.15) is 0 Å². The van der Waals surface area contributed by atoms with E-state index in [4.69, 9.17) is 0 Å². The first kappa shape index (κ1) is 6.62. The zero-order chi connectivity index (χ0) is 4.28. The van der Waals surface area contributed by atoms with E-state index in [-0.39, 0.29) is 0 Å². The molecule has 0 rings (SSSR count). The molecule has 1 unspecified atom stereocenters. The minimum atomic E-state index is -1.33. The second kappa shape index (κ2) is 3.80. The third-order valence-corrected chi connectivity index (χ3v) is 6.96. The van der Waals surface area contributed by atoms with E-state index in [9.17, 15) is 4.57 Å². The van der Waals surface area contributed by atoms with Gasteiger partial charge in [-0.25, -0.2) is 0 Å². The van der Waals surface area contributed by atoms with Crippen LogP contribution in [-0.4, -0.2) is 0 Å². The Bertz CT molecular complexity index is 44.9. The van der Waals surface area contributed by atoms with Gasteiger partial charge in [-0.3, -0.25) is 0 Å². The average molecular weight is 209 g/mol. The van der Waals surface area contributed by atoms with Crippen LogP contribution < -0.4 is 0 Å². The van der Waals surface area contributed by atoms with E-state index in [0.29, 0.717) is 0 Å². The summed E-state index contributed by atoms with van der Waals surface area (Å²) < 4.78 is 9.89. The van der Waals surface area contributed by atoms with Gasteiger partial charge in [0.05, 0.1) is 0 Å². The monoisotopic (exact) mass is 211 g/mol. The van der Waals surface area contributed by atoms with Crippen LogP contribution in [-0.2, 0) is 23.9 Å². The van der Waals surface area contributed by atoms with Crippen LogP contribution in [0.2, 0.25) is 0 Å². The Morgan fingerprint density at radius 3 is 2.20 bits per heavy atom. The molecule has 0 aromatic heterocycles. The van der Waals surface area contributed by atoms with Crippen LogP contribution >= 0.6 is 27.2 Å². The minimum absolute atomic E-state index is 1.12. The quantitative estimate of drug-likeness (QED) is 0.305. The van der Waals surface area contributed by atoms with Crippen molar-refractivity contribution in [1.29, 1.82) is 0 Å². The number of hydrogen-bond donors (Lipinski definition) is 1. The van der Waals surface area contributed by atoms with Gasteiger partial charge in [-0.15, -0.1) is 0 Å². The van der Waals surface area contributed by atoms with Gasteiger partial charge < -0.3 is 0 Å². The molecular weight excluding hydrogens is 207 g/mol. The molecule has 1 atom stereocenters. The predicted molar refractivity (Wildman–Crippen MR) is 25.6 cm³/mol. The molecule has 31 valence electrons. The van der Waals surface area contributed by atoms with E-state index in [1.807, 2.05) is 0 Å². The van der Waals surface area contributed by atoms with Gasteiger partial charge in [0.1, 0.15) is 0 Å². The molecule has 0 amide bonds. The summed E-state index contributed by atoms with van der Waals surface area (Å²) in [4.78, 5) is 0. The summed E-state index contributed by atoms with van der Waals surface area (Å²) in [6.45, 7) is 0. The van der Waals surface area contributed by atoms with Crippen molar-refractivity contribution in [3.8, 4) is 0 Å². The maximum atomic E-state index is 9.89. The molecule has 5 heavy (non-hydrogen) atoms. The second-order valence-electron chi connectivity index (χ2n) is 0.341. The van der Waals surface area contributed by atoms with Gasteiger partial charge in [0, 0.05) is 0 Å². The third kappa shape index (κ3) is 5.62. The summed E-state index contributed by atoms with van der Waals surface area (Å²) in [5.74, 6) is 0. The first-order valence-electron chi connectivity index (χ1n) is 0.795. The standard InChI is InChI=1S/Mo.HOPS2/c;1-2-4-3/h;3H/q-1;/p+1. The van der Waals surface area contributed by atoms with Crippen LogP contribution in [0.3, 0.4) is 0 Å². The van der Waals surface area contributed by atoms with Gasteiger partial charge in [0.15, 0.2) is 0 Å². The molecule has 0 fully saturated rings. The van der Waals surface area contributed by atoms with E-state index >= 15 is 0 Å². The van der Waals surface area contributed by atoms with E-state index in [0.717, 1.165) is 10.4 Å². The molecule has 0 heterocycles. The second-order valence-corrected chi connectivity index (χ2v) is 9.13. The van der Waals surface area contributed by atoms with E-state index in [2.05, 4.69) is 11.7 Å². The summed E-state index contributed by atoms with van der Waals surface area (Å²) in [5.41, 5.74) is 0. The molecule has 0 N–H and O–H groups in total. The van der Waals surface area contributed by atoms with Crippen LogP contribution in [0.4, 0.5) is 0 Å². The molecule has 0 aromatic rings. The fourth-order valence-corrected chi connectivity index (χ4v) is 0. The maximum absolute atomic E-state index is 9.89. The Balaban J connectivity index is 2.85. The van der Waals surface area contributed by atoms with Crippen molar-refractivity contribution in [2.75, 3.05) is 0 Å². The topological polar surface area (TPSA) is 17.1 Å². The molecule has 0 aliphatic carbocycles. The summed E-state index contributed by atoms with van der Waals surface area (Å²) in [5, 5.41) is -1.33. The summed E-state index contributed by atoms with van der Waals surface area (Å²) in [6.07, 6.45) is 0. The normalized spacial score (nSPS) is 14.6. The third-order valence-electron chi connectivity index (χ3n) is 0.0745. The Morgan fingerprint density at radius 1 is 2.00 bits per heavy atom. The molecule has 0 saturated carbocycles. The Labute approximate surface area is 51.0 Å². The summed E-state index contributed by atoms with van der Waals surface area (Å²) >= 11 is 5.26. The van der Waals surface area contributed by atoms with Crippen molar-refractivity contribution < 1.29 is 23.9 Å². The molecule has 1 nitrogen and oxygen atoms in total. The first-order valence-corrected chi connectivity index (χ1v) is 7.72. The molecule has 0 aliphatic rings. The molecule has 5 heteroatoms. The summed E-state index contributed by atoms with van der Waals surface area (Å²) in [6, 6.07) is 0. The first-order chi connectivity index (χ1) is 2.27. The van der Waals surface area contributed by atoms with Crippen LogP contribution in [0.5, 0.6) is 0 Å². The van der Waals surface area contributed by atoms with Crippen molar-refractivity contribution in [2.24, 2.45) is 0 Å². The Kier molecular flexibility index (Phi) is 5.03. The van der Waals surface area contributed by atoms with Gasteiger partial charge in [0.2, 0.25) is 0 Å². The molecule has 0 saturated heterocycles. The fraction of sp³-hybridized carbons (Fsp3) is 0. The zero-order valence-corrected chi connectivity index (χ0v) is 6.89. The molecule has 0 bridgehead atoms. The Morgan fingerprint density at radius 2 is 2.20 bits per heavy atom. The SMILES string of the molecule is O=[PH]([Mo])SS. The number of thiol groups is 1. The van der Waals surface area contributed by atoms with E-state index in [1.165, 1.54) is 0 Å². The van der Waals surface area contributed by atoms with Crippen molar-refractivity contribution in [1.82, 2.24) is 0 Å². The van der Waals surface area contributed by atoms with E-state index in [1.54, 1.807) is 19.3 Å². The van der Waals surface area contributed by atoms with Gasteiger partial charge in [-0.05, 0) is 0 Å². The van der Waals surface area contributed by atoms with Gasteiger partial charge >= 0.3 is 51.0 Å². The van der Waals surface area contributed by atoms with Crippen molar-refractivity contribution in [2.45, 2.75) is 0 Å². The van der Waals surface area contributed by atoms with Crippen LogP contribution in [0.1, 0.15) is 0 Å². The zero-order valence-electron chi connectivity index (χ0n) is 2.17. The molecular formula is H2MoOPS2. The van der Waals surface area contributed by atoms with Crippen molar-refractivity contribution in [3.63, 3.8) is 0 Å². The molecule has 0 aromatic carbocycles. The van der Waals surface area contributed by atoms with Crippen molar-refractivity contribution in [3.05, 3.63) is 0 Å². The van der Waals surface area contributed by atoms with Crippen LogP contribution in [0.25, 0.3) is 0 Å². The van der Waals surface area contributed by atoms with Crippen LogP contribution in [0, 0.1) is 0 Å². The van der Waals surface area contributed by atoms with Gasteiger partial charge in [-0.1, -0.05) is 0 Å². The van der Waals surface area contributed by atoms with E-state index < -0.39 is 5.09 Å². The fourth-order valence-electron chi connectivity index (χ4n) is 0. The predicted octanol–water partition coefficient (Wildman–Crippen LogP) is 1.50. The summed E-state index contributed by atoms with van der Waals surface area (Å²) in [7, 11) is 1.12. The van der Waals surface area contributed by atoms with Crippen molar-refractivity contribution >= 4 is 27.2 Å². The van der Waals surface area contributed by atoms with Crippen LogP contribution in [0.15, 0.2) is 0 Å². The Hall–Kier alpha value is 1.62.